The van der Waals surface area contributed by atoms with Gasteiger partial charge < -0.3 is 0 Å². The Morgan fingerprint density at radius 1 is 1.07 bits per heavy atom. The first-order chi connectivity index (χ1) is 7.24. The zero-order valence-corrected chi connectivity index (χ0v) is 10.7. The molecule has 0 aliphatic rings. The molecule has 0 spiro atoms. The number of hydrogen-bond donors (Lipinski definition) is 0. The van der Waals surface area contributed by atoms with Gasteiger partial charge in [0.2, 0.25) is 0 Å². The van der Waals surface area contributed by atoms with Crippen LogP contribution < -0.4 is 0 Å². The van der Waals surface area contributed by atoms with E-state index in [0.717, 1.165) is 5.92 Å². The van der Waals surface area contributed by atoms with Gasteiger partial charge in [0.25, 0.3) is 0 Å². The summed E-state index contributed by atoms with van der Waals surface area (Å²) >= 11 is 0. The second kappa shape index (κ2) is 10.0. The second-order valence-corrected chi connectivity index (χ2v) is 4.66. The van der Waals surface area contributed by atoms with Crippen LogP contribution in [0, 0.1) is 11.8 Å². The van der Waals surface area contributed by atoms with E-state index in [4.69, 9.17) is 0 Å². The first kappa shape index (κ1) is 14.5. The molecule has 0 nitrogen and oxygen atoms in total. The minimum atomic E-state index is 0.684. The molecule has 0 aromatic carbocycles. The maximum atomic E-state index is 3.85. The molecule has 0 radical (unpaired) electrons. The summed E-state index contributed by atoms with van der Waals surface area (Å²) in [6.07, 6.45) is 13.4. The van der Waals surface area contributed by atoms with Crippen molar-refractivity contribution in [2.75, 3.05) is 0 Å². The van der Waals surface area contributed by atoms with Crippen molar-refractivity contribution in [3.63, 3.8) is 0 Å². The third kappa shape index (κ3) is 8.47. The summed E-state index contributed by atoms with van der Waals surface area (Å²) in [6.45, 7) is 12.2. The maximum Gasteiger partial charge on any atom is -0.0265 e. The van der Waals surface area contributed by atoms with Gasteiger partial charge in [-0.05, 0) is 37.5 Å². The van der Waals surface area contributed by atoms with E-state index in [1.807, 2.05) is 6.08 Å². The van der Waals surface area contributed by atoms with Crippen LogP contribution in [-0.2, 0) is 0 Å². The molecule has 0 fully saturated rings. The van der Waals surface area contributed by atoms with E-state index in [0.29, 0.717) is 5.92 Å². The molecule has 0 bridgehead atoms. The fourth-order valence-corrected chi connectivity index (χ4v) is 2.01. The zero-order chi connectivity index (χ0) is 11.5. The molecule has 0 aromatic rings. The lowest BCUT2D eigenvalue weighted by molar-refractivity contribution is 0.378. The van der Waals surface area contributed by atoms with Crippen molar-refractivity contribution in [1.29, 1.82) is 0 Å². The lowest BCUT2D eigenvalue weighted by Gasteiger charge is -2.17. The fourth-order valence-electron chi connectivity index (χ4n) is 2.01. The van der Waals surface area contributed by atoms with Crippen LogP contribution in [0.1, 0.15) is 58.8 Å². The first-order valence-corrected chi connectivity index (χ1v) is 6.48. The van der Waals surface area contributed by atoms with E-state index >= 15 is 0 Å². The highest BCUT2D eigenvalue weighted by atomic mass is 14.1. The van der Waals surface area contributed by atoms with E-state index in [2.05, 4.69) is 33.1 Å². The highest BCUT2D eigenvalue weighted by molar-refractivity contribution is 4.76. The molecule has 0 heteroatoms. The van der Waals surface area contributed by atoms with Crippen LogP contribution >= 0.6 is 0 Å². The predicted molar refractivity (Wildman–Crippen MR) is 71.0 cm³/mol. The number of rotatable bonds is 10. The lowest BCUT2D eigenvalue weighted by atomic mass is 9.89. The Morgan fingerprint density at radius 2 is 1.80 bits per heavy atom. The fraction of sp³-hybridized carbons (Fsp3) is 0.733. The molecule has 15 heavy (non-hydrogen) atoms. The molecule has 0 heterocycles. The minimum Gasteiger partial charge on any atom is -0.103 e. The molecule has 2 atom stereocenters. The van der Waals surface area contributed by atoms with Crippen LogP contribution in [0.4, 0.5) is 0 Å². The van der Waals surface area contributed by atoms with Crippen LogP contribution in [0.15, 0.2) is 25.3 Å². The molecule has 0 saturated heterocycles. The van der Waals surface area contributed by atoms with Crippen LogP contribution in [0.25, 0.3) is 0 Å². The number of hydrogen-bond acceptors (Lipinski definition) is 0. The molecule has 0 aliphatic heterocycles. The summed E-state index contributed by atoms with van der Waals surface area (Å²) in [6, 6.07) is 0. The molecule has 0 aromatic heterocycles. The van der Waals surface area contributed by atoms with Crippen LogP contribution in [0.5, 0.6) is 0 Å². The van der Waals surface area contributed by atoms with Gasteiger partial charge in [-0.2, -0.15) is 0 Å². The number of allylic oxidation sites excluding steroid dienone is 2. The summed E-state index contributed by atoms with van der Waals surface area (Å²) in [5.41, 5.74) is 0. The van der Waals surface area contributed by atoms with Gasteiger partial charge in [-0.3, -0.25) is 0 Å². The molecule has 0 rings (SSSR count). The quantitative estimate of drug-likeness (QED) is 0.335. The second-order valence-electron chi connectivity index (χ2n) is 4.66. The Bertz CT molecular complexity index is 157. The molecule has 0 aliphatic carbocycles. The van der Waals surface area contributed by atoms with E-state index in [-0.39, 0.29) is 0 Å². The molecule has 0 amide bonds. The summed E-state index contributed by atoms with van der Waals surface area (Å²) in [5.74, 6) is 1.61. The zero-order valence-electron chi connectivity index (χ0n) is 10.7. The van der Waals surface area contributed by atoms with E-state index in [1.54, 1.807) is 0 Å². The lowest BCUT2D eigenvalue weighted by Crippen LogP contribution is -2.02. The summed E-state index contributed by atoms with van der Waals surface area (Å²) < 4.78 is 0. The average Bonchev–Trinajstić information content (AvgIpc) is 2.25. The maximum absolute atomic E-state index is 3.85. The van der Waals surface area contributed by atoms with Crippen molar-refractivity contribution >= 4 is 0 Å². The summed E-state index contributed by atoms with van der Waals surface area (Å²) in [5, 5.41) is 0. The average molecular weight is 208 g/mol. The van der Waals surface area contributed by atoms with Crippen molar-refractivity contribution in [3.05, 3.63) is 25.3 Å². The Kier molecular flexibility index (Phi) is 9.67. The Hall–Kier alpha value is -0.520. The van der Waals surface area contributed by atoms with Gasteiger partial charge in [0.15, 0.2) is 0 Å². The summed E-state index contributed by atoms with van der Waals surface area (Å²) in [4.78, 5) is 0. The third-order valence-electron chi connectivity index (χ3n) is 3.15. The van der Waals surface area contributed by atoms with Gasteiger partial charge >= 0.3 is 0 Å². The summed E-state index contributed by atoms with van der Waals surface area (Å²) in [7, 11) is 0. The van der Waals surface area contributed by atoms with Crippen molar-refractivity contribution in [2.24, 2.45) is 11.8 Å². The van der Waals surface area contributed by atoms with Crippen LogP contribution in [0.3, 0.4) is 0 Å². The third-order valence-corrected chi connectivity index (χ3v) is 3.15. The molecule has 2 unspecified atom stereocenters. The Labute approximate surface area is 96.5 Å². The molecule has 0 N–H and O–H groups in total. The minimum absolute atomic E-state index is 0.684. The van der Waals surface area contributed by atoms with Crippen LogP contribution in [-0.4, -0.2) is 0 Å². The normalized spacial score (nSPS) is 14.5. The van der Waals surface area contributed by atoms with Crippen molar-refractivity contribution in [1.82, 2.24) is 0 Å². The van der Waals surface area contributed by atoms with Crippen LogP contribution in [0.2, 0.25) is 0 Å². The standard InChI is InChI=1S/C15H28/c1-5-8-9-11-15(10-6-2)13-12-14(4)7-3/h5,7,14-15H,1,3,6,8-13H2,2,4H3. The van der Waals surface area contributed by atoms with E-state index < -0.39 is 0 Å². The number of unbranched alkanes of at least 4 members (excludes halogenated alkanes) is 1. The van der Waals surface area contributed by atoms with Gasteiger partial charge in [0, 0.05) is 0 Å². The molecule has 88 valence electrons. The Balaban J connectivity index is 3.70. The monoisotopic (exact) mass is 208 g/mol. The van der Waals surface area contributed by atoms with Crippen molar-refractivity contribution in [2.45, 2.75) is 58.8 Å². The van der Waals surface area contributed by atoms with E-state index in [9.17, 15) is 0 Å². The first-order valence-electron chi connectivity index (χ1n) is 6.48. The molecule has 0 saturated carbocycles. The highest BCUT2D eigenvalue weighted by Crippen LogP contribution is 2.23. The van der Waals surface area contributed by atoms with E-state index in [1.165, 1.54) is 44.9 Å². The smallest absolute Gasteiger partial charge is 0.0265 e. The topological polar surface area (TPSA) is 0 Å². The Morgan fingerprint density at radius 3 is 2.33 bits per heavy atom. The van der Waals surface area contributed by atoms with Gasteiger partial charge in [0.05, 0.1) is 0 Å². The van der Waals surface area contributed by atoms with Gasteiger partial charge in [-0.25, -0.2) is 0 Å². The molecular formula is C15H28. The SMILES string of the molecule is C=CCCCC(CCC)CCC(C)C=C. The molecular weight excluding hydrogens is 180 g/mol. The van der Waals surface area contributed by atoms with Gasteiger partial charge in [0.1, 0.15) is 0 Å². The van der Waals surface area contributed by atoms with Gasteiger partial charge in [-0.15, -0.1) is 13.2 Å². The predicted octanol–water partition coefficient (Wildman–Crippen LogP) is 5.36. The van der Waals surface area contributed by atoms with Crippen molar-refractivity contribution in [3.8, 4) is 0 Å². The largest absolute Gasteiger partial charge is 0.103 e. The van der Waals surface area contributed by atoms with Gasteiger partial charge in [-0.1, -0.05) is 45.3 Å². The van der Waals surface area contributed by atoms with Crippen molar-refractivity contribution < 1.29 is 0 Å². The highest BCUT2D eigenvalue weighted by Gasteiger charge is 2.08.